The summed E-state index contributed by atoms with van der Waals surface area (Å²) < 4.78 is 20.4. The van der Waals surface area contributed by atoms with E-state index in [4.69, 9.17) is 31.4 Å². The van der Waals surface area contributed by atoms with Gasteiger partial charge in [-0.1, -0.05) is 98.3 Å². The lowest BCUT2D eigenvalue weighted by atomic mass is 9.43. The third-order valence-corrected chi connectivity index (χ3v) is 15.7. The molecule has 0 aromatic carbocycles. The van der Waals surface area contributed by atoms with Crippen molar-refractivity contribution >= 4 is 0 Å². The van der Waals surface area contributed by atoms with Crippen molar-refractivity contribution in [2.45, 2.75) is 200 Å². The van der Waals surface area contributed by atoms with Crippen molar-refractivity contribution in [1.29, 1.82) is 0 Å². The van der Waals surface area contributed by atoms with Gasteiger partial charge in [0.1, 0.15) is 0 Å². The third kappa shape index (κ3) is 12.9. The highest BCUT2D eigenvalue weighted by Gasteiger charge is 2.66. The van der Waals surface area contributed by atoms with Crippen LogP contribution in [-0.4, -0.2) is 70.9 Å². The van der Waals surface area contributed by atoms with E-state index in [-0.39, 0.29) is 5.41 Å². The van der Waals surface area contributed by atoms with Crippen LogP contribution in [-0.2, 0) is 14.2 Å². The zero-order valence-electron chi connectivity index (χ0n) is 36.3. The summed E-state index contributed by atoms with van der Waals surface area (Å²) in [7, 11) is 0. The Morgan fingerprint density at radius 2 is 1.22 bits per heavy atom. The molecule has 0 heterocycles. The Hall–Kier alpha value is -0.280. The number of hydrogen-bond acceptors (Lipinski definition) is 7. The zero-order valence-corrected chi connectivity index (χ0v) is 36.3. The van der Waals surface area contributed by atoms with Crippen molar-refractivity contribution in [3.63, 3.8) is 0 Å². The highest BCUT2D eigenvalue weighted by molar-refractivity contribution is 5.15. The van der Waals surface area contributed by atoms with Gasteiger partial charge in [-0.25, -0.2) is 0 Å². The lowest BCUT2D eigenvalue weighted by molar-refractivity contribution is -0.227. The third-order valence-electron chi connectivity index (χ3n) is 15.7. The van der Waals surface area contributed by atoms with Gasteiger partial charge < -0.3 is 36.7 Å². The first-order valence-electron chi connectivity index (χ1n) is 24.0. The van der Waals surface area contributed by atoms with Crippen LogP contribution in [0.5, 0.6) is 0 Å². The summed E-state index contributed by atoms with van der Waals surface area (Å²) in [4.78, 5) is 0. The van der Waals surface area contributed by atoms with Gasteiger partial charge in [-0.2, -0.15) is 0 Å². The Morgan fingerprint density at radius 3 is 1.87 bits per heavy atom. The molecule has 11 unspecified atom stereocenters. The summed E-state index contributed by atoms with van der Waals surface area (Å²) in [5.41, 5.74) is 18.3. The van der Waals surface area contributed by atoms with Gasteiger partial charge >= 0.3 is 0 Å². The number of ether oxygens (including phenoxy) is 3. The SMILES string of the molecule is CCCCCCCCCCCCCCNCCCC(C)C1CCC2C3C(OCCCN)CC4CC(OCCCN)CCC4(C)C3CC(OCCCN)C12C. The molecule has 4 aliphatic carbocycles. The van der Waals surface area contributed by atoms with Crippen LogP contribution in [0.1, 0.15) is 182 Å². The topological polar surface area (TPSA) is 118 Å². The molecule has 0 radical (unpaired) electrons. The van der Waals surface area contributed by atoms with Gasteiger partial charge in [0.25, 0.3) is 0 Å². The van der Waals surface area contributed by atoms with Crippen molar-refractivity contribution in [2.24, 2.45) is 63.5 Å². The van der Waals surface area contributed by atoms with E-state index in [0.717, 1.165) is 52.0 Å². The number of nitrogens with one attached hydrogen (secondary N) is 1. The number of unbranched alkanes of at least 4 members (excludes halogenated alkanes) is 11. The minimum Gasteiger partial charge on any atom is -0.378 e. The van der Waals surface area contributed by atoms with E-state index in [9.17, 15) is 0 Å². The Kier molecular flexibility index (Phi) is 21.7. The molecule has 0 aliphatic heterocycles. The quantitative estimate of drug-likeness (QED) is 0.0539. The van der Waals surface area contributed by atoms with Gasteiger partial charge in [0.15, 0.2) is 0 Å². The van der Waals surface area contributed by atoms with Gasteiger partial charge in [-0.15, -0.1) is 0 Å². The molecule has 54 heavy (non-hydrogen) atoms. The van der Waals surface area contributed by atoms with Gasteiger partial charge in [-0.05, 0) is 157 Å². The monoisotopic (exact) mass is 761 g/mol. The van der Waals surface area contributed by atoms with Crippen LogP contribution < -0.4 is 22.5 Å². The van der Waals surface area contributed by atoms with Gasteiger partial charge in [0, 0.05) is 25.2 Å². The fourth-order valence-corrected chi connectivity index (χ4v) is 12.6. The first kappa shape index (κ1) is 46.4. The fourth-order valence-electron chi connectivity index (χ4n) is 12.6. The predicted octanol–water partition coefficient (Wildman–Crippen LogP) is 9.77. The normalized spacial score (nSPS) is 34.1. The maximum atomic E-state index is 7.06. The van der Waals surface area contributed by atoms with Gasteiger partial charge in [-0.3, -0.25) is 0 Å². The number of fused-ring (bicyclic) bond motifs is 5. The van der Waals surface area contributed by atoms with E-state index < -0.39 is 0 Å². The largest absolute Gasteiger partial charge is 0.378 e. The van der Waals surface area contributed by atoms with Crippen LogP contribution in [0.15, 0.2) is 0 Å². The molecular formula is C47H92N4O3. The molecule has 7 nitrogen and oxygen atoms in total. The summed E-state index contributed by atoms with van der Waals surface area (Å²) in [6.45, 7) is 17.0. The van der Waals surface area contributed by atoms with Gasteiger partial charge in [0.05, 0.1) is 18.3 Å². The van der Waals surface area contributed by atoms with E-state index in [2.05, 4.69) is 33.0 Å². The molecular weight excluding hydrogens is 669 g/mol. The van der Waals surface area contributed by atoms with Crippen LogP contribution in [0.2, 0.25) is 0 Å². The predicted molar refractivity (Wildman–Crippen MR) is 229 cm³/mol. The lowest BCUT2D eigenvalue weighted by Crippen LogP contribution is -2.63. The minimum absolute atomic E-state index is 0.179. The van der Waals surface area contributed by atoms with Crippen molar-refractivity contribution in [1.82, 2.24) is 5.32 Å². The van der Waals surface area contributed by atoms with Crippen molar-refractivity contribution in [3.8, 4) is 0 Å². The Bertz CT molecular complexity index is 971. The molecule has 0 aromatic heterocycles. The maximum absolute atomic E-state index is 7.06. The Morgan fingerprint density at radius 1 is 0.630 bits per heavy atom. The zero-order chi connectivity index (χ0) is 38.7. The smallest absolute Gasteiger partial charge is 0.0637 e. The summed E-state index contributed by atoms with van der Waals surface area (Å²) in [6, 6.07) is 0. The first-order valence-corrected chi connectivity index (χ1v) is 24.0. The van der Waals surface area contributed by atoms with Crippen LogP contribution in [0, 0.1) is 46.3 Å². The molecule has 0 bridgehead atoms. The molecule has 4 aliphatic rings. The Labute approximate surface area is 334 Å². The first-order chi connectivity index (χ1) is 26.3. The highest BCUT2D eigenvalue weighted by Crippen LogP contribution is 2.69. The second-order valence-corrected chi connectivity index (χ2v) is 19.2. The van der Waals surface area contributed by atoms with E-state index in [0.29, 0.717) is 78.9 Å². The molecule has 11 atom stereocenters. The van der Waals surface area contributed by atoms with E-state index >= 15 is 0 Å². The molecule has 4 rings (SSSR count). The van der Waals surface area contributed by atoms with Crippen molar-refractivity contribution in [2.75, 3.05) is 52.5 Å². The molecule has 0 amide bonds. The van der Waals surface area contributed by atoms with Crippen LogP contribution in [0.3, 0.4) is 0 Å². The number of nitrogens with two attached hydrogens (primary N) is 3. The van der Waals surface area contributed by atoms with Crippen LogP contribution in [0.25, 0.3) is 0 Å². The molecule has 0 aromatic rings. The fraction of sp³-hybridized carbons (Fsp3) is 1.00. The lowest BCUT2D eigenvalue weighted by Gasteiger charge is -2.65. The molecule has 318 valence electrons. The van der Waals surface area contributed by atoms with E-state index in [1.807, 2.05) is 0 Å². The minimum atomic E-state index is 0.179. The summed E-state index contributed by atoms with van der Waals surface area (Å²) in [6.07, 6.45) is 32.0. The molecule has 4 saturated carbocycles. The number of rotatable bonds is 30. The maximum Gasteiger partial charge on any atom is 0.0637 e. The molecule has 7 N–H and O–H groups in total. The number of hydrogen-bond donors (Lipinski definition) is 4. The molecule has 4 fully saturated rings. The summed E-state index contributed by atoms with van der Waals surface area (Å²) >= 11 is 0. The molecule has 0 spiro atoms. The summed E-state index contributed by atoms with van der Waals surface area (Å²) in [5, 5.41) is 3.81. The molecule has 0 saturated heterocycles. The average Bonchev–Trinajstić information content (AvgIpc) is 3.53. The van der Waals surface area contributed by atoms with E-state index in [1.165, 1.54) is 135 Å². The van der Waals surface area contributed by atoms with Crippen LogP contribution >= 0.6 is 0 Å². The van der Waals surface area contributed by atoms with Gasteiger partial charge in [0.2, 0.25) is 0 Å². The van der Waals surface area contributed by atoms with E-state index in [1.54, 1.807) is 0 Å². The standard InChI is InChI=1S/C47H92N4O3/c1-5-6-7-8-9-10-11-12-13-14-15-16-29-51-30-17-21-37(2)40-22-23-41-45-42(36-44(47(40,41)4)54-33-20-28-50)46(3)25-24-39(52-31-18-26-48)34-38(46)35-43(45)53-32-19-27-49/h37-45,51H,5-36,48-50H2,1-4H3. The summed E-state index contributed by atoms with van der Waals surface area (Å²) in [5.74, 6) is 3.91. The average molecular weight is 761 g/mol. The second-order valence-electron chi connectivity index (χ2n) is 19.2. The van der Waals surface area contributed by atoms with Crippen molar-refractivity contribution in [3.05, 3.63) is 0 Å². The van der Waals surface area contributed by atoms with Crippen molar-refractivity contribution < 1.29 is 14.2 Å². The Balaban J connectivity index is 1.31. The van der Waals surface area contributed by atoms with Crippen LogP contribution in [0.4, 0.5) is 0 Å². The second kappa shape index (κ2) is 25.3. The molecule has 7 heteroatoms. The highest BCUT2D eigenvalue weighted by atomic mass is 16.5.